The molecule has 0 saturated heterocycles. The molecule has 0 heterocycles. The average molecular weight is 570 g/mol. The monoisotopic (exact) mass is 569 g/mol. The first kappa shape index (κ1) is 35.8. The fraction of sp³-hybridized carbons (Fsp3) is 0.774. The number of ether oxygens (including phenoxy) is 1. The molecule has 0 saturated carbocycles. The van der Waals surface area contributed by atoms with Crippen molar-refractivity contribution in [3.8, 4) is 5.75 Å². The molecule has 0 spiro atoms. The molecule has 1 aromatic rings. The van der Waals surface area contributed by atoms with Crippen LogP contribution in [0.1, 0.15) is 123 Å². The van der Waals surface area contributed by atoms with Gasteiger partial charge in [-0.1, -0.05) is 83.8 Å². The highest BCUT2D eigenvalue weighted by atomic mass is 31.2. The second-order valence-corrected chi connectivity index (χ2v) is 12.2. The van der Waals surface area contributed by atoms with E-state index in [0.29, 0.717) is 12.8 Å². The molecular formula is C31H56NO6P. The lowest BCUT2D eigenvalue weighted by Gasteiger charge is -2.20. The minimum atomic E-state index is -4.20. The number of benzene rings is 1. The van der Waals surface area contributed by atoms with Crippen molar-refractivity contribution in [1.29, 1.82) is 0 Å². The van der Waals surface area contributed by atoms with Crippen molar-refractivity contribution in [1.82, 2.24) is 0 Å². The fourth-order valence-corrected chi connectivity index (χ4v) is 5.58. The van der Waals surface area contributed by atoms with Gasteiger partial charge in [0, 0.05) is 19.4 Å². The summed E-state index contributed by atoms with van der Waals surface area (Å²) in [7, 11) is -4.20. The number of carbonyl (C=O) groups excluding carboxylic acids is 1. The number of aryl methyl sites for hydroxylation is 1. The van der Waals surface area contributed by atoms with E-state index < -0.39 is 13.9 Å². The molecule has 0 bridgehead atoms. The molecule has 39 heavy (non-hydrogen) atoms. The number of unbranched alkanes of at least 4 members (excludes halogenated alkanes) is 9. The van der Waals surface area contributed by atoms with Crippen molar-refractivity contribution in [3.05, 3.63) is 29.8 Å². The van der Waals surface area contributed by atoms with Crippen LogP contribution < -0.4 is 10.5 Å². The highest BCUT2D eigenvalue weighted by molar-refractivity contribution is 7.47. The summed E-state index contributed by atoms with van der Waals surface area (Å²) in [6.07, 6.45) is 16.6. The van der Waals surface area contributed by atoms with Crippen LogP contribution in [0, 0.1) is 5.92 Å². The Balaban J connectivity index is 2.33. The van der Waals surface area contributed by atoms with Crippen LogP contribution in [-0.2, 0) is 24.8 Å². The summed E-state index contributed by atoms with van der Waals surface area (Å²) < 4.78 is 28.3. The van der Waals surface area contributed by atoms with Gasteiger partial charge in [0.25, 0.3) is 0 Å². The Morgan fingerprint density at radius 2 is 1.54 bits per heavy atom. The molecule has 226 valence electrons. The zero-order chi connectivity index (χ0) is 28.8. The molecule has 7 nitrogen and oxygen atoms in total. The van der Waals surface area contributed by atoms with Crippen molar-refractivity contribution < 1.29 is 28.0 Å². The number of carbonyl (C=O) groups is 1. The van der Waals surface area contributed by atoms with E-state index >= 15 is 0 Å². The smallest absolute Gasteiger partial charge is 0.472 e. The molecule has 0 aliphatic rings. The Morgan fingerprint density at radius 1 is 0.923 bits per heavy atom. The zero-order valence-corrected chi connectivity index (χ0v) is 25.8. The lowest BCUT2D eigenvalue weighted by molar-refractivity contribution is -0.120. The molecule has 8 heteroatoms. The molecule has 3 atom stereocenters. The van der Waals surface area contributed by atoms with Crippen molar-refractivity contribution in [3.63, 3.8) is 0 Å². The van der Waals surface area contributed by atoms with Gasteiger partial charge in [-0.3, -0.25) is 13.8 Å². The third-order valence-electron chi connectivity index (χ3n) is 6.93. The number of ketones is 1. The average Bonchev–Trinajstić information content (AvgIpc) is 2.91. The summed E-state index contributed by atoms with van der Waals surface area (Å²) in [5.74, 6) is 0.917. The maximum atomic E-state index is 12.2. The number of hydrogen-bond donors (Lipinski definition) is 2. The number of phosphoric ester groups is 1. The summed E-state index contributed by atoms with van der Waals surface area (Å²) in [4.78, 5) is 22.2. The van der Waals surface area contributed by atoms with Crippen LogP contribution in [0.5, 0.6) is 5.75 Å². The van der Waals surface area contributed by atoms with E-state index in [-0.39, 0.29) is 24.9 Å². The summed E-state index contributed by atoms with van der Waals surface area (Å²) in [6.45, 7) is 6.73. The normalized spacial score (nSPS) is 14.6. The number of nitrogens with two attached hydrogens (primary N) is 1. The van der Waals surface area contributed by atoms with Crippen LogP contribution in [-0.4, -0.2) is 36.5 Å². The Morgan fingerprint density at radius 3 is 2.13 bits per heavy atom. The second kappa shape index (κ2) is 22.4. The SMILES string of the molecule is CCCCCCCCCCCCOc1ccc(CCCC(COP(=O)(O)OC(C)CN)CC(=O)CCC)cc1. The first-order valence-electron chi connectivity index (χ1n) is 15.4. The Labute approximate surface area is 238 Å². The van der Waals surface area contributed by atoms with Crippen molar-refractivity contribution in [2.45, 2.75) is 130 Å². The van der Waals surface area contributed by atoms with Crippen LogP contribution in [0.3, 0.4) is 0 Å². The minimum Gasteiger partial charge on any atom is -0.494 e. The van der Waals surface area contributed by atoms with Crippen LogP contribution >= 0.6 is 7.82 Å². The van der Waals surface area contributed by atoms with Crippen LogP contribution in [0.2, 0.25) is 0 Å². The largest absolute Gasteiger partial charge is 0.494 e. The highest BCUT2D eigenvalue weighted by Gasteiger charge is 2.26. The molecule has 1 aromatic carbocycles. The van der Waals surface area contributed by atoms with E-state index in [9.17, 15) is 14.3 Å². The standard InChI is InChI=1S/C31H56NO6P/c1-4-6-7-8-9-10-11-12-13-14-23-36-31-21-19-28(20-22-31)17-15-18-29(24-30(33)16-5-2)26-37-39(34,35)38-27(3)25-32/h19-22,27,29H,4-18,23-26,32H2,1-3H3,(H,34,35). The van der Waals surface area contributed by atoms with Crippen LogP contribution in [0.4, 0.5) is 0 Å². The molecule has 1 rings (SSSR count). The topological polar surface area (TPSA) is 108 Å². The van der Waals surface area contributed by atoms with Gasteiger partial charge in [0.1, 0.15) is 11.5 Å². The van der Waals surface area contributed by atoms with Gasteiger partial charge in [-0.15, -0.1) is 0 Å². The highest BCUT2D eigenvalue weighted by Crippen LogP contribution is 2.45. The number of hydrogen-bond acceptors (Lipinski definition) is 6. The molecule has 3 unspecified atom stereocenters. The van der Waals surface area contributed by atoms with Gasteiger partial charge in [0.15, 0.2) is 0 Å². The van der Waals surface area contributed by atoms with Gasteiger partial charge >= 0.3 is 7.82 Å². The van der Waals surface area contributed by atoms with Crippen molar-refractivity contribution >= 4 is 13.6 Å². The molecule has 3 N–H and O–H groups in total. The Bertz CT molecular complexity index is 788. The van der Waals surface area contributed by atoms with E-state index in [1.165, 1.54) is 63.4 Å². The van der Waals surface area contributed by atoms with E-state index in [1.807, 2.05) is 19.1 Å². The van der Waals surface area contributed by atoms with Crippen LogP contribution in [0.15, 0.2) is 24.3 Å². The molecule has 0 amide bonds. The fourth-order valence-electron chi connectivity index (χ4n) is 4.57. The molecule has 0 fully saturated rings. The maximum Gasteiger partial charge on any atom is 0.472 e. The van der Waals surface area contributed by atoms with E-state index in [1.54, 1.807) is 6.92 Å². The Kier molecular flexibility index (Phi) is 20.6. The minimum absolute atomic E-state index is 0.00621. The van der Waals surface area contributed by atoms with Gasteiger partial charge in [-0.05, 0) is 62.6 Å². The molecule has 0 aliphatic heterocycles. The molecule has 0 aliphatic carbocycles. The van der Waals surface area contributed by atoms with Gasteiger partial charge in [-0.2, -0.15) is 0 Å². The quantitative estimate of drug-likeness (QED) is 0.0855. The molecular weight excluding hydrogens is 513 g/mol. The lowest BCUT2D eigenvalue weighted by atomic mass is 9.94. The molecule has 0 radical (unpaired) electrons. The van der Waals surface area contributed by atoms with Gasteiger partial charge in [0.2, 0.25) is 0 Å². The number of rotatable bonds is 26. The number of phosphoric acid groups is 1. The maximum absolute atomic E-state index is 12.2. The summed E-state index contributed by atoms with van der Waals surface area (Å²) >= 11 is 0. The van der Waals surface area contributed by atoms with E-state index in [0.717, 1.165) is 44.5 Å². The summed E-state index contributed by atoms with van der Waals surface area (Å²) in [6, 6.07) is 8.22. The third kappa shape index (κ3) is 19.5. The van der Waals surface area contributed by atoms with Crippen LogP contribution in [0.25, 0.3) is 0 Å². The van der Waals surface area contributed by atoms with Crippen molar-refractivity contribution in [2.24, 2.45) is 11.7 Å². The van der Waals surface area contributed by atoms with Crippen molar-refractivity contribution in [2.75, 3.05) is 19.8 Å². The second-order valence-electron chi connectivity index (χ2n) is 10.8. The lowest BCUT2D eigenvalue weighted by Crippen LogP contribution is -2.20. The third-order valence-corrected chi connectivity index (χ3v) is 8.03. The first-order valence-corrected chi connectivity index (χ1v) is 16.9. The molecule has 0 aromatic heterocycles. The van der Waals surface area contributed by atoms with Gasteiger partial charge in [0.05, 0.1) is 19.3 Å². The Hall–Kier alpha value is -1.24. The van der Waals surface area contributed by atoms with E-state index in [4.69, 9.17) is 19.5 Å². The zero-order valence-electron chi connectivity index (χ0n) is 24.9. The predicted molar refractivity (Wildman–Crippen MR) is 160 cm³/mol. The summed E-state index contributed by atoms with van der Waals surface area (Å²) in [5, 5.41) is 0. The van der Waals surface area contributed by atoms with E-state index in [2.05, 4.69) is 19.1 Å². The predicted octanol–water partition coefficient (Wildman–Crippen LogP) is 8.17. The number of Topliss-reactive ketones (excluding diaryl/α,β-unsaturated/α-hetero) is 1. The van der Waals surface area contributed by atoms with Gasteiger partial charge in [-0.25, -0.2) is 4.57 Å². The van der Waals surface area contributed by atoms with Gasteiger partial charge < -0.3 is 15.4 Å². The first-order chi connectivity index (χ1) is 18.8. The summed E-state index contributed by atoms with van der Waals surface area (Å²) in [5.41, 5.74) is 6.67.